The van der Waals surface area contributed by atoms with Crippen LogP contribution in [-0.4, -0.2) is 102 Å². The molecule has 2 aliphatic rings. The Labute approximate surface area is 282 Å². The maximum atomic E-state index is 13.9. The van der Waals surface area contributed by atoms with Crippen molar-refractivity contribution in [3.63, 3.8) is 0 Å². The average Bonchev–Trinajstić information content (AvgIpc) is 3.06. The van der Waals surface area contributed by atoms with Crippen LogP contribution in [0.5, 0.6) is 0 Å². The molecule has 272 valence electrons. The van der Waals surface area contributed by atoms with Gasteiger partial charge in [-0.05, 0) is 50.9 Å². The maximum Gasteiger partial charge on any atom is 0.329 e. The van der Waals surface area contributed by atoms with Gasteiger partial charge in [-0.3, -0.25) is 14.4 Å². The molecule has 0 radical (unpaired) electrons. The number of methoxy groups -OCH3 is 2. The van der Waals surface area contributed by atoms with Crippen molar-refractivity contribution in [2.24, 2.45) is 23.7 Å². The van der Waals surface area contributed by atoms with E-state index in [9.17, 15) is 29.4 Å². The fraction of sp³-hybridized carbons (Fsp3) is 0.889. The summed E-state index contributed by atoms with van der Waals surface area (Å²) in [6, 6.07) is -1.03. The number of nitrogens with zero attached hydrogens (tertiary/aromatic N) is 1. The third-order valence-electron chi connectivity index (χ3n) is 10.4. The van der Waals surface area contributed by atoms with Crippen LogP contribution in [0.2, 0.25) is 0 Å². The summed E-state index contributed by atoms with van der Waals surface area (Å²) in [6.45, 7) is 13.4. The summed E-state index contributed by atoms with van der Waals surface area (Å²) in [6.07, 6.45) is 2.96. The number of ether oxygens (including phenoxy) is 4. The second-order valence-corrected chi connectivity index (χ2v) is 14.1. The van der Waals surface area contributed by atoms with E-state index in [1.165, 1.54) is 4.90 Å². The number of aliphatic hydroxyl groups excluding tert-OH is 1. The van der Waals surface area contributed by atoms with Crippen LogP contribution in [0.15, 0.2) is 0 Å². The lowest BCUT2D eigenvalue weighted by atomic mass is 9.82. The molecule has 7 unspecified atom stereocenters. The Balaban J connectivity index is 2.22. The van der Waals surface area contributed by atoms with Gasteiger partial charge < -0.3 is 34.1 Å². The van der Waals surface area contributed by atoms with Crippen molar-refractivity contribution < 1.29 is 48.3 Å². The highest BCUT2D eigenvalue weighted by atomic mass is 16.7. The number of likely N-dealkylation sites (tertiary alicyclic amines) is 1. The van der Waals surface area contributed by atoms with Gasteiger partial charge in [-0.15, -0.1) is 0 Å². The Bertz CT molecular complexity index is 1020. The van der Waals surface area contributed by atoms with Crippen molar-refractivity contribution in [2.75, 3.05) is 20.8 Å². The molecular formula is C36H63NO10. The number of piperidine rings is 1. The normalized spacial score (nSPS) is 28.9. The number of rotatable bonds is 19. The van der Waals surface area contributed by atoms with Gasteiger partial charge in [-0.2, -0.15) is 0 Å². The minimum Gasteiger partial charge on any atom is -0.460 e. The zero-order valence-corrected chi connectivity index (χ0v) is 30.4. The molecule has 47 heavy (non-hydrogen) atoms. The lowest BCUT2D eigenvalue weighted by molar-refractivity contribution is -0.302. The van der Waals surface area contributed by atoms with Crippen LogP contribution in [0, 0.1) is 23.7 Å². The molecule has 0 bridgehead atoms. The summed E-state index contributed by atoms with van der Waals surface area (Å²) in [5, 5.41) is 22.6. The Morgan fingerprint density at radius 1 is 1.02 bits per heavy atom. The first-order chi connectivity index (χ1) is 22.2. The Morgan fingerprint density at radius 2 is 1.68 bits per heavy atom. The van der Waals surface area contributed by atoms with E-state index in [2.05, 4.69) is 13.8 Å². The maximum absolute atomic E-state index is 13.9. The molecule has 0 aromatic heterocycles. The predicted octanol–water partition coefficient (Wildman–Crippen LogP) is 4.62. The van der Waals surface area contributed by atoms with Gasteiger partial charge in [0.2, 0.25) is 5.79 Å². The van der Waals surface area contributed by atoms with Crippen LogP contribution in [0.4, 0.5) is 0 Å². The van der Waals surface area contributed by atoms with E-state index < -0.39 is 71.8 Å². The number of carbonyl (C=O) groups excluding carboxylic acids is 4. The van der Waals surface area contributed by atoms with Crippen LogP contribution < -0.4 is 0 Å². The van der Waals surface area contributed by atoms with Gasteiger partial charge in [-0.1, -0.05) is 67.7 Å². The summed E-state index contributed by atoms with van der Waals surface area (Å²) in [5.41, 5.74) is 0. The van der Waals surface area contributed by atoms with Gasteiger partial charge in [0.15, 0.2) is 0 Å². The van der Waals surface area contributed by atoms with E-state index >= 15 is 0 Å². The highest BCUT2D eigenvalue weighted by molar-refractivity contribution is 6.39. The van der Waals surface area contributed by atoms with Gasteiger partial charge in [0.1, 0.15) is 24.0 Å². The van der Waals surface area contributed by atoms with Gasteiger partial charge >= 0.3 is 5.97 Å². The van der Waals surface area contributed by atoms with Crippen LogP contribution in [0.3, 0.4) is 0 Å². The third kappa shape index (κ3) is 10.5. The smallest absolute Gasteiger partial charge is 0.329 e. The monoisotopic (exact) mass is 669 g/mol. The van der Waals surface area contributed by atoms with Crippen LogP contribution in [0.25, 0.3) is 0 Å². The molecule has 2 fully saturated rings. The number of ketones is 2. The van der Waals surface area contributed by atoms with Crippen molar-refractivity contribution in [3.8, 4) is 0 Å². The van der Waals surface area contributed by atoms with Gasteiger partial charge in [0.25, 0.3) is 11.7 Å². The molecule has 2 aliphatic heterocycles. The average molecular weight is 670 g/mol. The largest absolute Gasteiger partial charge is 0.460 e. The predicted molar refractivity (Wildman–Crippen MR) is 177 cm³/mol. The second-order valence-electron chi connectivity index (χ2n) is 14.1. The summed E-state index contributed by atoms with van der Waals surface area (Å²) < 4.78 is 23.5. The highest BCUT2D eigenvalue weighted by Crippen LogP contribution is 2.38. The molecule has 0 aromatic carbocycles. The SMILES string of the molecule is CCCC(C)CC(OC)[C@H]1O[C@@](O)(C(=O)C(=O)N2CCCCC2C(=O)OC(CC)C(C)C(O)CC(=O)C(C)CCC)[C@H](C)C[C@@H]1OC. The molecule has 2 saturated heterocycles. The van der Waals surface area contributed by atoms with Crippen molar-refractivity contribution in [3.05, 3.63) is 0 Å². The number of amides is 1. The molecule has 0 saturated carbocycles. The summed E-state index contributed by atoms with van der Waals surface area (Å²) in [7, 11) is 3.10. The second kappa shape index (κ2) is 19.3. The molecule has 0 spiro atoms. The molecular weight excluding hydrogens is 606 g/mol. The molecule has 2 N–H and O–H groups in total. The molecule has 2 heterocycles. The standard InChI is InChI=1S/C36H63NO10/c1-10-15-22(4)19-30(44-8)32-31(45-9)20-24(6)36(43,47-32)33(40)34(41)37-18-14-13-17-26(37)35(42)46-29(12-3)25(7)28(39)21-27(38)23(5)16-11-2/h22-26,28-32,39,43H,10-21H2,1-9H3/t22?,23?,24-,25?,26?,28?,29?,30?,31+,32-,36-/m1/s1. The first-order valence-electron chi connectivity index (χ1n) is 17.9. The first kappa shape index (κ1) is 41.3. The van der Waals surface area contributed by atoms with E-state index in [4.69, 9.17) is 18.9 Å². The van der Waals surface area contributed by atoms with Crippen molar-refractivity contribution in [1.82, 2.24) is 4.90 Å². The van der Waals surface area contributed by atoms with Crippen molar-refractivity contribution >= 4 is 23.4 Å². The van der Waals surface area contributed by atoms with Gasteiger partial charge in [0.05, 0.1) is 18.3 Å². The molecule has 2 rings (SSSR count). The third-order valence-corrected chi connectivity index (χ3v) is 10.4. The topological polar surface area (TPSA) is 149 Å². The zero-order valence-electron chi connectivity index (χ0n) is 30.4. The molecule has 0 aliphatic carbocycles. The summed E-state index contributed by atoms with van der Waals surface area (Å²) in [4.78, 5) is 55.1. The van der Waals surface area contributed by atoms with Crippen LogP contribution in [-0.2, 0) is 38.1 Å². The quantitative estimate of drug-likeness (QED) is 0.147. The van der Waals surface area contributed by atoms with E-state index in [-0.39, 0.29) is 31.1 Å². The Kier molecular flexibility index (Phi) is 17.0. The number of carbonyl (C=O) groups is 4. The molecule has 11 atom stereocenters. The first-order valence-corrected chi connectivity index (χ1v) is 17.9. The molecule has 11 heteroatoms. The molecule has 0 aromatic rings. The fourth-order valence-corrected chi connectivity index (χ4v) is 7.16. The lowest BCUT2D eigenvalue weighted by Gasteiger charge is -2.47. The summed E-state index contributed by atoms with van der Waals surface area (Å²) in [5.74, 6) is -6.40. The fourth-order valence-electron chi connectivity index (χ4n) is 7.16. The number of Topliss-reactive ketones (excluding diaryl/α,β-unsaturated/α-hetero) is 2. The molecule has 11 nitrogen and oxygen atoms in total. The van der Waals surface area contributed by atoms with Crippen LogP contribution in [0.1, 0.15) is 119 Å². The minimum atomic E-state index is -2.43. The van der Waals surface area contributed by atoms with Crippen molar-refractivity contribution in [1.29, 1.82) is 0 Å². The van der Waals surface area contributed by atoms with Gasteiger partial charge in [0, 0.05) is 44.9 Å². The number of esters is 1. The number of aliphatic hydroxyl groups is 2. The summed E-state index contributed by atoms with van der Waals surface area (Å²) >= 11 is 0. The lowest BCUT2D eigenvalue weighted by Crippen LogP contribution is -2.64. The van der Waals surface area contributed by atoms with Crippen molar-refractivity contribution in [2.45, 2.75) is 161 Å². The minimum absolute atomic E-state index is 0.0257. The number of hydrogen-bond acceptors (Lipinski definition) is 10. The van der Waals surface area contributed by atoms with E-state index in [0.717, 1.165) is 25.7 Å². The van der Waals surface area contributed by atoms with E-state index in [1.54, 1.807) is 28.1 Å². The molecule has 1 amide bonds. The van der Waals surface area contributed by atoms with Gasteiger partial charge in [-0.25, -0.2) is 4.79 Å². The van der Waals surface area contributed by atoms with Crippen LogP contribution >= 0.6 is 0 Å². The number of hydrogen-bond donors (Lipinski definition) is 2. The van der Waals surface area contributed by atoms with E-state index in [1.807, 2.05) is 20.8 Å². The Morgan fingerprint density at radius 3 is 2.26 bits per heavy atom. The highest BCUT2D eigenvalue weighted by Gasteiger charge is 2.56. The zero-order chi connectivity index (χ0) is 35.5. The van der Waals surface area contributed by atoms with E-state index in [0.29, 0.717) is 38.0 Å². The Hall–Kier alpha value is -1.92.